The smallest absolute Gasteiger partial charge is 0.337 e. The Morgan fingerprint density at radius 1 is 0.828 bits per heavy atom. The van der Waals surface area contributed by atoms with Crippen LogP contribution in [0.3, 0.4) is 0 Å². The van der Waals surface area contributed by atoms with Gasteiger partial charge in [-0.05, 0) is 80.1 Å². The number of rotatable bonds is 13. The van der Waals surface area contributed by atoms with E-state index >= 15 is 0 Å². The molecule has 0 saturated heterocycles. The molecule has 0 aliphatic heterocycles. The zero-order valence-electron chi connectivity index (χ0n) is 19.0. The number of nitrogens with one attached hydrogen (secondary N) is 1. The minimum Gasteiger partial charge on any atom is -0.352 e. The highest BCUT2D eigenvalue weighted by Gasteiger charge is 2.30. The standard InChI is InChI=1S/C23H40NO4P/c1-18(2)10-7-11-19(3)12-8-13-20(4)14-9-15-21(5)16-17-24-23(25)22(6)29(26,27)28/h10,12,14,16,22H,7-9,11,13,15,17H2,1-6H3,(H,24,25)(H2,26,27,28). The Morgan fingerprint density at radius 2 is 1.24 bits per heavy atom. The fourth-order valence-electron chi connectivity index (χ4n) is 2.61. The van der Waals surface area contributed by atoms with Gasteiger partial charge in [0.2, 0.25) is 5.91 Å². The van der Waals surface area contributed by atoms with Crippen molar-refractivity contribution < 1.29 is 19.1 Å². The quantitative estimate of drug-likeness (QED) is 0.256. The third-order valence-electron chi connectivity index (χ3n) is 4.76. The molecule has 0 heterocycles. The molecule has 29 heavy (non-hydrogen) atoms. The highest BCUT2D eigenvalue weighted by Crippen LogP contribution is 2.40. The molecule has 1 atom stereocenters. The number of amides is 1. The molecule has 0 spiro atoms. The molecule has 0 aliphatic carbocycles. The Bertz CT molecular complexity index is 679. The van der Waals surface area contributed by atoms with Crippen molar-refractivity contribution in [3.05, 3.63) is 46.6 Å². The second kappa shape index (κ2) is 14.5. The van der Waals surface area contributed by atoms with Crippen LogP contribution in [0, 0.1) is 0 Å². The van der Waals surface area contributed by atoms with Crippen molar-refractivity contribution in [2.45, 2.75) is 85.7 Å². The van der Waals surface area contributed by atoms with Crippen molar-refractivity contribution in [3.8, 4) is 0 Å². The van der Waals surface area contributed by atoms with Crippen LogP contribution in [-0.2, 0) is 9.36 Å². The first-order chi connectivity index (χ1) is 13.4. The molecule has 0 aromatic carbocycles. The zero-order valence-corrected chi connectivity index (χ0v) is 19.9. The van der Waals surface area contributed by atoms with Gasteiger partial charge in [-0.15, -0.1) is 0 Å². The van der Waals surface area contributed by atoms with Crippen LogP contribution >= 0.6 is 7.60 Å². The van der Waals surface area contributed by atoms with Gasteiger partial charge in [-0.1, -0.05) is 46.6 Å². The summed E-state index contributed by atoms with van der Waals surface area (Å²) in [5.74, 6) is -0.623. The van der Waals surface area contributed by atoms with Crippen LogP contribution in [-0.4, -0.2) is 27.9 Å². The minimum absolute atomic E-state index is 0.286. The summed E-state index contributed by atoms with van der Waals surface area (Å²) in [7, 11) is -4.38. The van der Waals surface area contributed by atoms with Gasteiger partial charge >= 0.3 is 7.60 Å². The summed E-state index contributed by atoms with van der Waals surface area (Å²) in [4.78, 5) is 29.7. The third-order valence-corrected chi connectivity index (χ3v) is 6.01. The Hall–Kier alpha value is -1.42. The first-order valence-electron chi connectivity index (χ1n) is 10.4. The molecule has 0 radical (unpaired) electrons. The van der Waals surface area contributed by atoms with E-state index < -0.39 is 19.2 Å². The molecule has 0 bridgehead atoms. The van der Waals surface area contributed by atoms with Crippen LogP contribution in [0.4, 0.5) is 0 Å². The molecule has 0 aromatic rings. The van der Waals surface area contributed by atoms with Gasteiger partial charge in [0, 0.05) is 6.54 Å². The lowest BCUT2D eigenvalue weighted by molar-refractivity contribution is -0.120. The lowest BCUT2D eigenvalue weighted by Crippen LogP contribution is -2.32. The molecule has 3 N–H and O–H groups in total. The lowest BCUT2D eigenvalue weighted by atomic mass is 10.0. The van der Waals surface area contributed by atoms with Gasteiger partial charge in [-0.25, -0.2) is 0 Å². The topological polar surface area (TPSA) is 86.6 Å². The maximum absolute atomic E-state index is 11.7. The largest absolute Gasteiger partial charge is 0.352 e. The van der Waals surface area contributed by atoms with Crippen LogP contribution in [0.15, 0.2) is 46.6 Å². The van der Waals surface area contributed by atoms with Gasteiger partial charge in [-0.2, -0.15) is 0 Å². The highest BCUT2D eigenvalue weighted by molar-refractivity contribution is 7.53. The van der Waals surface area contributed by atoms with Crippen LogP contribution in [0.1, 0.15) is 80.1 Å². The van der Waals surface area contributed by atoms with E-state index in [9.17, 15) is 9.36 Å². The molecule has 0 aromatic heterocycles. The van der Waals surface area contributed by atoms with Crippen molar-refractivity contribution in [2.75, 3.05) is 6.54 Å². The van der Waals surface area contributed by atoms with Crippen molar-refractivity contribution in [1.29, 1.82) is 0 Å². The molecule has 0 rings (SSSR count). The number of hydrogen-bond acceptors (Lipinski definition) is 2. The third kappa shape index (κ3) is 15.1. The van der Waals surface area contributed by atoms with Gasteiger partial charge in [0.05, 0.1) is 0 Å². The summed E-state index contributed by atoms with van der Waals surface area (Å²) in [6.07, 6.45) is 15.0. The van der Waals surface area contributed by atoms with Crippen LogP contribution in [0.5, 0.6) is 0 Å². The SMILES string of the molecule is CC(C)=CCCC(C)=CCCC(C)=CCCC(C)=CCNC(=O)C(C)P(=O)(O)O. The van der Waals surface area contributed by atoms with Gasteiger partial charge in [-0.3, -0.25) is 9.36 Å². The summed E-state index contributed by atoms with van der Waals surface area (Å²) in [5.41, 5.74) is 4.04. The van der Waals surface area contributed by atoms with E-state index in [-0.39, 0.29) is 6.54 Å². The molecule has 0 saturated carbocycles. The van der Waals surface area contributed by atoms with E-state index in [0.717, 1.165) is 44.1 Å². The predicted molar refractivity (Wildman–Crippen MR) is 123 cm³/mol. The van der Waals surface area contributed by atoms with Crippen LogP contribution in [0.2, 0.25) is 0 Å². The molecule has 1 amide bonds. The Kier molecular flexibility index (Phi) is 13.8. The van der Waals surface area contributed by atoms with E-state index in [2.05, 4.69) is 51.2 Å². The Morgan fingerprint density at radius 3 is 1.66 bits per heavy atom. The lowest BCUT2D eigenvalue weighted by Gasteiger charge is -2.12. The maximum Gasteiger partial charge on any atom is 0.337 e. The number of hydrogen-bond donors (Lipinski definition) is 3. The van der Waals surface area contributed by atoms with Crippen LogP contribution < -0.4 is 5.32 Å². The molecule has 0 aliphatic rings. The molecular weight excluding hydrogens is 385 g/mol. The summed E-state index contributed by atoms with van der Waals surface area (Å²) >= 11 is 0. The molecule has 0 fully saturated rings. The van der Waals surface area contributed by atoms with Crippen LogP contribution in [0.25, 0.3) is 0 Å². The highest BCUT2D eigenvalue weighted by atomic mass is 31.2. The molecular formula is C23H40NO4P. The van der Waals surface area contributed by atoms with Gasteiger partial charge in [0.1, 0.15) is 5.66 Å². The number of allylic oxidation sites excluding steroid dienone is 7. The van der Waals surface area contributed by atoms with Gasteiger partial charge < -0.3 is 15.1 Å². The Labute approximate surface area is 177 Å². The van der Waals surface area contributed by atoms with E-state index in [0.29, 0.717) is 0 Å². The van der Waals surface area contributed by atoms with E-state index in [4.69, 9.17) is 9.79 Å². The first-order valence-corrected chi connectivity index (χ1v) is 12.0. The first kappa shape index (κ1) is 27.6. The maximum atomic E-state index is 11.7. The molecule has 6 heteroatoms. The summed E-state index contributed by atoms with van der Waals surface area (Å²) in [6, 6.07) is 0. The van der Waals surface area contributed by atoms with E-state index in [1.807, 2.05) is 13.0 Å². The predicted octanol–water partition coefficient (Wildman–Crippen LogP) is 5.81. The summed E-state index contributed by atoms with van der Waals surface area (Å²) < 4.78 is 11.1. The molecule has 1 unspecified atom stereocenters. The average molecular weight is 426 g/mol. The normalized spacial score (nSPS) is 14.6. The number of carbonyl (C=O) groups is 1. The molecule has 5 nitrogen and oxygen atoms in total. The van der Waals surface area contributed by atoms with Crippen molar-refractivity contribution in [1.82, 2.24) is 5.32 Å². The second-order valence-corrected chi connectivity index (χ2v) is 10.0. The summed E-state index contributed by atoms with van der Waals surface area (Å²) in [6.45, 7) is 12.1. The van der Waals surface area contributed by atoms with E-state index in [1.54, 1.807) is 0 Å². The fraction of sp³-hybridized carbons (Fsp3) is 0.609. The van der Waals surface area contributed by atoms with Gasteiger partial charge in [0.25, 0.3) is 0 Å². The van der Waals surface area contributed by atoms with E-state index in [1.165, 1.54) is 23.6 Å². The van der Waals surface area contributed by atoms with Crippen molar-refractivity contribution in [2.24, 2.45) is 0 Å². The van der Waals surface area contributed by atoms with Crippen molar-refractivity contribution in [3.63, 3.8) is 0 Å². The monoisotopic (exact) mass is 425 g/mol. The Balaban J connectivity index is 4.17. The van der Waals surface area contributed by atoms with Crippen molar-refractivity contribution >= 4 is 13.5 Å². The summed E-state index contributed by atoms with van der Waals surface area (Å²) in [5, 5.41) is 2.55. The fourth-order valence-corrected chi connectivity index (χ4v) is 3.01. The number of carbonyl (C=O) groups excluding carboxylic acids is 1. The zero-order chi connectivity index (χ0) is 22.4. The van der Waals surface area contributed by atoms with Gasteiger partial charge in [0.15, 0.2) is 0 Å². The minimum atomic E-state index is -4.38. The molecule has 166 valence electrons. The second-order valence-electron chi connectivity index (χ2n) is 8.06. The average Bonchev–Trinajstić information content (AvgIpc) is 2.59.